The van der Waals surface area contributed by atoms with Gasteiger partial charge in [-0.25, -0.2) is 31.5 Å². The number of dihydropyridines is 1. The average Bonchev–Trinajstić information content (AvgIpc) is 3.05. The van der Waals surface area contributed by atoms with Gasteiger partial charge in [-0.2, -0.15) is 0 Å². The molecule has 0 aromatic heterocycles. The Kier molecular flexibility index (Phi) is 5.39. The first-order valence-electron chi connectivity index (χ1n) is 8.07. The van der Waals surface area contributed by atoms with Gasteiger partial charge in [-0.15, -0.1) is 0 Å². The Labute approximate surface area is 155 Å². The van der Waals surface area contributed by atoms with Crippen molar-refractivity contribution in [2.45, 2.75) is 12.1 Å². The van der Waals surface area contributed by atoms with Crippen LogP contribution in [0.5, 0.6) is 0 Å². The third kappa shape index (κ3) is 3.12. The van der Waals surface area contributed by atoms with Crippen molar-refractivity contribution in [2.24, 2.45) is 0 Å². The largest absolute Gasteiger partial charge is 0.466 e. The molecule has 1 aromatic rings. The van der Waals surface area contributed by atoms with Crippen molar-refractivity contribution in [3.05, 3.63) is 57.4 Å². The SMILES string of the molecule is COC(=O)C1=C(CF)NC2=C(C(=O)OC2)[C@H]1c1cc(F)cc(F)c1[C@H](F)CF. The number of carbonyl (C=O) groups excluding carboxylic acids is 2. The second kappa shape index (κ2) is 7.61. The first kappa shape index (κ1) is 19.8. The van der Waals surface area contributed by atoms with Crippen LogP contribution in [0.4, 0.5) is 22.0 Å². The highest BCUT2D eigenvalue weighted by atomic mass is 19.2. The van der Waals surface area contributed by atoms with E-state index in [9.17, 15) is 31.5 Å². The molecule has 5 nitrogen and oxygen atoms in total. The van der Waals surface area contributed by atoms with Gasteiger partial charge in [0.1, 0.15) is 31.6 Å². The number of alkyl halides is 3. The molecule has 0 bridgehead atoms. The number of methoxy groups -OCH3 is 1. The van der Waals surface area contributed by atoms with Gasteiger partial charge in [-0.3, -0.25) is 0 Å². The van der Waals surface area contributed by atoms with E-state index in [0.29, 0.717) is 12.1 Å². The van der Waals surface area contributed by atoms with E-state index in [4.69, 9.17) is 4.74 Å². The van der Waals surface area contributed by atoms with Gasteiger partial charge in [-0.05, 0) is 11.6 Å². The molecule has 0 amide bonds. The molecule has 0 saturated heterocycles. The second-order valence-corrected chi connectivity index (χ2v) is 6.06. The Hall–Kier alpha value is -2.91. The van der Waals surface area contributed by atoms with Crippen LogP contribution in [0.15, 0.2) is 34.7 Å². The number of halogens is 5. The third-order valence-corrected chi connectivity index (χ3v) is 4.52. The maximum atomic E-state index is 14.3. The molecule has 2 atom stereocenters. The van der Waals surface area contributed by atoms with Gasteiger partial charge in [0.2, 0.25) is 0 Å². The summed E-state index contributed by atoms with van der Waals surface area (Å²) in [6.45, 7) is -3.16. The van der Waals surface area contributed by atoms with Crippen molar-refractivity contribution in [3.8, 4) is 0 Å². The standard InChI is InChI=1S/C18H14F5NO4/c1-27-17(25)15-11(5-20)24-12-6-28-18(26)16(12)14(15)8-2-7(21)3-9(22)13(8)10(23)4-19/h2-3,10,14,24H,4-6H2,1H3/t10-,14+/m1/s1. The Morgan fingerprint density at radius 2 is 2.07 bits per heavy atom. The predicted octanol–water partition coefficient (Wildman–Crippen LogP) is 2.84. The van der Waals surface area contributed by atoms with Crippen LogP contribution in [0.25, 0.3) is 0 Å². The molecular weight excluding hydrogens is 389 g/mol. The van der Waals surface area contributed by atoms with Crippen LogP contribution >= 0.6 is 0 Å². The van der Waals surface area contributed by atoms with E-state index < -0.39 is 65.7 Å². The highest BCUT2D eigenvalue weighted by Crippen LogP contribution is 2.45. The maximum absolute atomic E-state index is 14.3. The highest BCUT2D eigenvalue weighted by Gasteiger charge is 2.44. The molecule has 0 spiro atoms. The van der Waals surface area contributed by atoms with Crippen LogP contribution in [0.2, 0.25) is 0 Å². The van der Waals surface area contributed by atoms with Crippen LogP contribution in [0.1, 0.15) is 23.2 Å². The summed E-state index contributed by atoms with van der Waals surface area (Å²) in [7, 11) is 0.978. The first-order chi connectivity index (χ1) is 13.3. The van der Waals surface area contributed by atoms with Crippen LogP contribution in [0, 0.1) is 11.6 Å². The Balaban J connectivity index is 2.35. The number of hydrogen-bond donors (Lipinski definition) is 1. The van der Waals surface area contributed by atoms with Gasteiger partial charge in [0.25, 0.3) is 0 Å². The van der Waals surface area contributed by atoms with Crippen molar-refractivity contribution in [1.82, 2.24) is 5.32 Å². The number of cyclic esters (lactones) is 1. The zero-order valence-corrected chi connectivity index (χ0v) is 14.5. The minimum Gasteiger partial charge on any atom is -0.466 e. The fraction of sp³-hybridized carbons (Fsp3) is 0.333. The lowest BCUT2D eigenvalue weighted by molar-refractivity contribution is -0.136. The zero-order valence-electron chi connectivity index (χ0n) is 14.5. The molecule has 3 rings (SSSR count). The van der Waals surface area contributed by atoms with Crippen molar-refractivity contribution in [1.29, 1.82) is 0 Å². The van der Waals surface area contributed by atoms with Gasteiger partial charge in [-0.1, -0.05) is 0 Å². The van der Waals surface area contributed by atoms with Crippen LogP contribution in [-0.4, -0.2) is 39.0 Å². The number of nitrogens with one attached hydrogen (secondary N) is 1. The summed E-state index contributed by atoms with van der Waals surface area (Å²) in [5.74, 6) is -6.21. The number of carbonyl (C=O) groups is 2. The summed E-state index contributed by atoms with van der Waals surface area (Å²) < 4.78 is 78.6. The van der Waals surface area contributed by atoms with Crippen molar-refractivity contribution >= 4 is 11.9 Å². The fourth-order valence-corrected chi connectivity index (χ4v) is 3.40. The van der Waals surface area contributed by atoms with Crippen LogP contribution in [0.3, 0.4) is 0 Å². The van der Waals surface area contributed by atoms with E-state index in [1.165, 1.54) is 0 Å². The topological polar surface area (TPSA) is 64.6 Å². The third-order valence-electron chi connectivity index (χ3n) is 4.52. The molecule has 1 aromatic carbocycles. The fourth-order valence-electron chi connectivity index (χ4n) is 3.40. The molecule has 2 aliphatic heterocycles. The van der Waals surface area contributed by atoms with Gasteiger partial charge >= 0.3 is 11.9 Å². The minimum absolute atomic E-state index is 0.0570. The lowest BCUT2D eigenvalue weighted by atomic mass is 9.78. The molecule has 150 valence electrons. The average molecular weight is 403 g/mol. The molecule has 0 aliphatic carbocycles. The number of esters is 2. The maximum Gasteiger partial charge on any atom is 0.337 e. The number of allylic oxidation sites excluding steroid dienone is 1. The van der Waals surface area contributed by atoms with Crippen LogP contribution in [-0.2, 0) is 19.1 Å². The van der Waals surface area contributed by atoms with Crippen molar-refractivity contribution in [2.75, 3.05) is 27.1 Å². The monoisotopic (exact) mass is 403 g/mol. The van der Waals surface area contributed by atoms with E-state index in [1.54, 1.807) is 0 Å². The number of hydrogen-bond acceptors (Lipinski definition) is 5. The molecule has 28 heavy (non-hydrogen) atoms. The summed E-state index contributed by atoms with van der Waals surface area (Å²) in [6.07, 6.45) is -2.50. The van der Waals surface area contributed by atoms with Crippen molar-refractivity contribution in [3.63, 3.8) is 0 Å². The van der Waals surface area contributed by atoms with E-state index >= 15 is 0 Å². The lowest BCUT2D eigenvalue weighted by Crippen LogP contribution is -2.32. The molecule has 0 fully saturated rings. The van der Waals surface area contributed by atoms with E-state index in [0.717, 1.165) is 7.11 Å². The molecular formula is C18H14F5NO4. The summed E-state index contributed by atoms with van der Waals surface area (Å²) >= 11 is 0. The summed E-state index contributed by atoms with van der Waals surface area (Å²) in [5.41, 5.74) is -2.42. The Morgan fingerprint density at radius 1 is 1.36 bits per heavy atom. The molecule has 0 radical (unpaired) electrons. The first-order valence-corrected chi connectivity index (χ1v) is 8.07. The molecule has 10 heteroatoms. The van der Waals surface area contributed by atoms with Crippen molar-refractivity contribution < 1.29 is 41.0 Å². The highest BCUT2D eigenvalue weighted by molar-refractivity contribution is 6.01. The molecule has 1 N–H and O–H groups in total. The summed E-state index contributed by atoms with van der Waals surface area (Å²) in [5, 5.41) is 2.53. The minimum atomic E-state index is -2.50. The normalized spacial score (nSPS) is 19.9. The smallest absolute Gasteiger partial charge is 0.337 e. The quantitative estimate of drug-likeness (QED) is 0.605. The second-order valence-electron chi connectivity index (χ2n) is 6.06. The number of benzene rings is 1. The molecule has 2 heterocycles. The predicted molar refractivity (Wildman–Crippen MR) is 85.1 cm³/mol. The van der Waals surface area contributed by atoms with E-state index in [-0.39, 0.29) is 23.6 Å². The number of ether oxygens (including phenoxy) is 2. The van der Waals surface area contributed by atoms with Crippen LogP contribution < -0.4 is 5.32 Å². The van der Waals surface area contributed by atoms with Gasteiger partial charge in [0.15, 0.2) is 6.17 Å². The van der Waals surface area contributed by atoms with Gasteiger partial charge in [0.05, 0.1) is 35.6 Å². The van der Waals surface area contributed by atoms with E-state index in [1.807, 2.05) is 0 Å². The summed E-state index contributed by atoms with van der Waals surface area (Å²) in [4.78, 5) is 24.5. The zero-order chi connectivity index (χ0) is 20.6. The van der Waals surface area contributed by atoms with Gasteiger partial charge in [0, 0.05) is 11.6 Å². The Morgan fingerprint density at radius 3 is 2.68 bits per heavy atom. The lowest BCUT2D eigenvalue weighted by Gasteiger charge is -2.29. The number of rotatable bonds is 5. The summed E-state index contributed by atoms with van der Waals surface area (Å²) in [6, 6.07) is 1.02. The molecule has 0 saturated carbocycles. The van der Waals surface area contributed by atoms with E-state index in [2.05, 4.69) is 10.1 Å². The molecule has 0 unspecified atom stereocenters. The van der Waals surface area contributed by atoms with Gasteiger partial charge < -0.3 is 14.8 Å². The Bertz CT molecular complexity index is 911. The molecule has 2 aliphatic rings.